The second kappa shape index (κ2) is 7.35. The van der Waals surface area contributed by atoms with Crippen LogP contribution in [0.4, 0.5) is 0 Å². The lowest BCUT2D eigenvalue weighted by molar-refractivity contribution is -0.126. The second-order valence-electron chi connectivity index (χ2n) is 9.21. The summed E-state index contributed by atoms with van der Waals surface area (Å²) in [6, 6.07) is 6.31. The summed E-state index contributed by atoms with van der Waals surface area (Å²) in [5.74, 6) is 3.01. The van der Waals surface area contributed by atoms with E-state index in [1.54, 1.807) is 14.2 Å². The van der Waals surface area contributed by atoms with Gasteiger partial charge in [0.2, 0.25) is 5.91 Å². The standard InChI is InChI=1S/C24H32N2O3/c1-28-21-8-5-16(13-22(21)29-2)20(26-11-3-4-12-26)15-25-23(27)18-14-17-6-7-19(18)24(17)9-10-24/h5-8,13,17-20H,3-4,9-12,14-15H2,1-2H3,(H,25,27). The Kier molecular flexibility index (Phi) is 4.81. The van der Waals surface area contributed by atoms with Crippen LogP contribution in [0.3, 0.4) is 0 Å². The molecule has 4 aliphatic rings. The Hall–Kier alpha value is -2.01. The fourth-order valence-electron chi connectivity index (χ4n) is 6.17. The number of carbonyl (C=O) groups excluding carboxylic acids is 1. The third-order valence-electron chi connectivity index (χ3n) is 7.90. The van der Waals surface area contributed by atoms with Gasteiger partial charge in [0.05, 0.1) is 20.3 Å². The van der Waals surface area contributed by atoms with Crippen molar-refractivity contribution in [2.24, 2.45) is 23.2 Å². The highest BCUT2D eigenvalue weighted by atomic mass is 16.5. The number of nitrogens with zero attached hydrogens (tertiary/aromatic N) is 1. The van der Waals surface area contributed by atoms with E-state index in [-0.39, 0.29) is 17.9 Å². The van der Waals surface area contributed by atoms with Gasteiger partial charge in [0.25, 0.3) is 0 Å². The van der Waals surface area contributed by atoms with Gasteiger partial charge in [0.15, 0.2) is 11.5 Å². The van der Waals surface area contributed by atoms with E-state index < -0.39 is 0 Å². The Morgan fingerprint density at radius 2 is 1.93 bits per heavy atom. The molecular formula is C24H32N2O3. The zero-order chi connectivity index (χ0) is 20.0. The number of amides is 1. The van der Waals surface area contributed by atoms with E-state index in [2.05, 4.69) is 34.5 Å². The number of methoxy groups -OCH3 is 2. The smallest absolute Gasteiger partial charge is 0.223 e. The molecule has 5 nitrogen and oxygen atoms in total. The molecule has 1 aromatic rings. The van der Waals surface area contributed by atoms with Crippen molar-refractivity contribution in [3.63, 3.8) is 0 Å². The van der Waals surface area contributed by atoms with Crippen LogP contribution < -0.4 is 14.8 Å². The fourth-order valence-corrected chi connectivity index (χ4v) is 6.17. The number of likely N-dealkylation sites (tertiary alicyclic amines) is 1. The average Bonchev–Trinajstić information content (AvgIpc) is 3.09. The van der Waals surface area contributed by atoms with E-state index >= 15 is 0 Å². The molecular weight excluding hydrogens is 364 g/mol. The zero-order valence-corrected chi connectivity index (χ0v) is 17.5. The summed E-state index contributed by atoms with van der Waals surface area (Å²) in [6.45, 7) is 2.81. The summed E-state index contributed by atoms with van der Waals surface area (Å²) in [5.41, 5.74) is 1.64. The number of ether oxygens (including phenoxy) is 2. The Morgan fingerprint density at radius 3 is 2.59 bits per heavy atom. The minimum absolute atomic E-state index is 0.164. The van der Waals surface area contributed by atoms with Crippen LogP contribution in [0.15, 0.2) is 30.4 Å². The molecule has 156 valence electrons. The van der Waals surface area contributed by atoms with E-state index in [1.807, 2.05) is 6.07 Å². The highest BCUT2D eigenvalue weighted by molar-refractivity contribution is 5.80. The van der Waals surface area contributed by atoms with Gasteiger partial charge in [-0.05, 0) is 80.1 Å². The number of hydrogen-bond acceptors (Lipinski definition) is 4. The molecule has 1 amide bonds. The zero-order valence-electron chi connectivity index (χ0n) is 17.5. The first-order valence-corrected chi connectivity index (χ1v) is 11.1. The lowest BCUT2D eigenvalue weighted by Gasteiger charge is -2.29. The number of nitrogens with one attached hydrogen (secondary N) is 1. The molecule has 3 fully saturated rings. The Labute approximate surface area is 173 Å². The maximum atomic E-state index is 13.1. The molecule has 0 radical (unpaired) electrons. The van der Waals surface area contributed by atoms with E-state index in [1.165, 1.54) is 31.2 Å². The summed E-state index contributed by atoms with van der Waals surface area (Å²) in [7, 11) is 3.33. The van der Waals surface area contributed by atoms with Crippen molar-refractivity contribution in [1.29, 1.82) is 0 Å². The van der Waals surface area contributed by atoms with Crippen molar-refractivity contribution >= 4 is 5.91 Å². The topological polar surface area (TPSA) is 50.8 Å². The van der Waals surface area contributed by atoms with Crippen molar-refractivity contribution in [2.45, 2.75) is 38.1 Å². The van der Waals surface area contributed by atoms with Gasteiger partial charge in [-0.1, -0.05) is 18.2 Å². The van der Waals surface area contributed by atoms with Crippen molar-refractivity contribution < 1.29 is 14.3 Å². The van der Waals surface area contributed by atoms with Gasteiger partial charge in [0, 0.05) is 12.5 Å². The molecule has 5 rings (SSSR count). The molecule has 1 aromatic carbocycles. The van der Waals surface area contributed by atoms with Crippen LogP contribution in [0.25, 0.3) is 0 Å². The quantitative estimate of drug-likeness (QED) is 0.716. The molecule has 29 heavy (non-hydrogen) atoms. The third kappa shape index (κ3) is 3.14. The van der Waals surface area contributed by atoms with Crippen molar-refractivity contribution in [3.05, 3.63) is 35.9 Å². The number of allylic oxidation sites excluding steroid dienone is 2. The summed E-state index contributed by atoms with van der Waals surface area (Å²) < 4.78 is 10.9. The van der Waals surface area contributed by atoms with E-state index in [9.17, 15) is 4.79 Å². The van der Waals surface area contributed by atoms with Crippen LogP contribution in [0.2, 0.25) is 0 Å². The highest BCUT2D eigenvalue weighted by Crippen LogP contribution is 2.70. The number of carbonyl (C=O) groups is 1. The average molecular weight is 397 g/mol. The van der Waals surface area contributed by atoms with Gasteiger partial charge in [-0.25, -0.2) is 0 Å². The first kappa shape index (κ1) is 19.0. The van der Waals surface area contributed by atoms with Crippen molar-refractivity contribution in [3.8, 4) is 11.5 Å². The summed E-state index contributed by atoms with van der Waals surface area (Å²) in [6.07, 6.45) is 10.8. The van der Waals surface area contributed by atoms with Gasteiger partial charge in [-0.15, -0.1) is 0 Å². The number of hydrogen-bond donors (Lipinski definition) is 1. The predicted octanol–water partition coefficient (Wildman–Crippen LogP) is 3.56. The molecule has 1 spiro atoms. The van der Waals surface area contributed by atoms with Crippen LogP contribution in [0, 0.1) is 23.2 Å². The van der Waals surface area contributed by atoms with Crippen LogP contribution in [0.5, 0.6) is 11.5 Å². The van der Waals surface area contributed by atoms with E-state index in [0.29, 0.717) is 23.8 Å². The summed E-state index contributed by atoms with van der Waals surface area (Å²) >= 11 is 0. The highest BCUT2D eigenvalue weighted by Gasteiger charge is 2.64. The summed E-state index contributed by atoms with van der Waals surface area (Å²) in [5, 5.41) is 3.33. The molecule has 5 heteroatoms. The van der Waals surface area contributed by atoms with Crippen molar-refractivity contribution in [1.82, 2.24) is 10.2 Å². The van der Waals surface area contributed by atoms with Gasteiger partial charge < -0.3 is 14.8 Å². The first-order valence-electron chi connectivity index (χ1n) is 11.1. The number of rotatable bonds is 7. The normalized spacial score (nSPS) is 29.9. The SMILES string of the molecule is COc1ccc(C(CNC(=O)C2CC3C=CC2C32CC2)N2CCCC2)cc1OC. The number of benzene rings is 1. The Bertz CT molecular complexity index is 810. The monoisotopic (exact) mass is 396 g/mol. The lowest BCUT2D eigenvalue weighted by Crippen LogP contribution is -2.40. The van der Waals surface area contributed by atoms with Crippen LogP contribution in [-0.4, -0.2) is 44.7 Å². The van der Waals surface area contributed by atoms with Gasteiger partial charge in [-0.2, -0.15) is 0 Å². The Balaban J connectivity index is 1.31. The molecule has 1 saturated heterocycles. The van der Waals surface area contributed by atoms with E-state index in [4.69, 9.17) is 9.47 Å². The fraction of sp³-hybridized carbons (Fsp3) is 0.625. The molecule has 2 bridgehead atoms. The molecule has 0 aromatic heterocycles. The Morgan fingerprint density at radius 1 is 1.17 bits per heavy atom. The maximum absolute atomic E-state index is 13.1. The molecule has 1 N–H and O–H groups in total. The minimum Gasteiger partial charge on any atom is -0.493 e. The first-order chi connectivity index (χ1) is 14.2. The molecule has 4 unspecified atom stereocenters. The molecule has 1 aliphatic heterocycles. The lowest BCUT2D eigenvalue weighted by atomic mass is 9.88. The van der Waals surface area contributed by atoms with E-state index in [0.717, 1.165) is 31.0 Å². The minimum atomic E-state index is 0.164. The molecule has 2 saturated carbocycles. The van der Waals surface area contributed by atoms with Gasteiger partial charge >= 0.3 is 0 Å². The third-order valence-corrected chi connectivity index (χ3v) is 7.90. The van der Waals surface area contributed by atoms with Gasteiger partial charge in [-0.3, -0.25) is 9.69 Å². The largest absolute Gasteiger partial charge is 0.493 e. The van der Waals surface area contributed by atoms with Gasteiger partial charge in [0.1, 0.15) is 0 Å². The maximum Gasteiger partial charge on any atom is 0.223 e. The van der Waals surface area contributed by atoms with Crippen LogP contribution in [0.1, 0.15) is 43.7 Å². The summed E-state index contributed by atoms with van der Waals surface area (Å²) in [4.78, 5) is 15.6. The van der Waals surface area contributed by atoms with Crippen molar-refractivity contribution in [2.75, 3.05) is 33.9 Å². The van der Waals surface area contributed by atoms with Crippen LogP contribution >= 0.6 is 0 Å². The molecule has 4 atom stereocenters. The second-order valence-corrected chi connectivity index (χ2v) is 9.21. The molecule has 3 aliphatic carbocycles. The van der Waals surface area contributed by atoms with Crippen LogP contribution in [-0.2, 0) is 4.79 Å². The molecule has 1 heterocycles. The predicted molar refractivity (Wildman–Crippen MR) is 112 cm³/mol.